The second-order valence-electron chi connectivity index (χ2n) is 7.24. The van der Waals surface area contributed by atoms with Crippen LogP contribution in [0.3, 0.4) is 0 Å². The van der Waals surface area contributed by atoms with Crippen molar-refractivity contribution in [3.05, 3.63) is 63.6 Å². The van der Waals surface area contributed by atoms with Crippen molar-refractivity contribution in [3.8, 4) is 5.75 Å². The zero-order chi connectivity index (χ0) is 22.5. The van der Waals surface area contributed by atoms with Crippen LogP contribution < -0.4 is 0 Å². The Hall–Kier alpha value is -3.00. The number of aromatic nitrogens is 1. The lowest BCUT2D eigenvalue weighted by Gasteiger charge is -2.17. The number of carboxylic acids is 1. The van der Waals surface area contributed by atoms with Gasteiger partial charge in [-0.3, -0.25) is 14.2 Å². The molecule has 1 unspecified atom stereocenters. The second kappa shape index (κ2) is 7.68. The van der Waals surface area contributed by atoms with Crippen LogP contribution >= 0.6 is 11.6 Å². The molecule has 3 rings (SSSR count). The molecule has 9 heteroatoms. The van der Waals surface area contributed by atoms with Crippen molar-refractivity contribution >= 4 is 34.4 Å². The van der Waals surface area contributed by atoms with Crippen LogP contribution in [0.1, 0.15) is 41.4 Å². The summed E-state index contributed by atoms with van der Waals surface area (Å²) < 4.78 is 43.8. The Morgan fingerprint density at radius 1 is 1.10 bits per heavy atom. The number of phenolic OH excluding ortho intramolecular Hbond substituents is 1. The van der Waals surface area contributed by atoms with Crippen LogP contribution in [0, 0.1) is 30.3 Å². The molecular weight excluding hydrogens is 423 g/mol. The molecule has 0 radical (unpaired) electrons. The molecule has 0 fully saturated rings. The number of aromatic hydroxyl groups is 1. The number of fused-ring (bicyclic) bond motifs is 1. The van der Waals surface area contributed by atoms with E-state index >= 15 is 0 Å². The van der Waals surface area contributed by atoms with Gasteiger partial charge in [0.05, 0.1) is 16.5 Å². The lowest BCUT2D eigenvalue weighted by atomic mass is 9.86. The Morgan fingerprint density at radius 2 is 1.73 bits per heavy atom. The minimum atomic E-state index is -1.37. The third-order valence-electron chi connectivity index (χ3n) is 5.02. The Balaban J connectivity index is 2.43. The van der Waals surface area contributed by atoms with E-state index in [-0.39, 0.29) is 32.7 Å². The number of rotatable bonds is 4. The van der Waals surface area contributed by atoms with Crippen molar-refractivity contribution in [2.45, 2.75) is 26.7 Å². The minimum absolute atomic E-state index is 0.0374. The summed E-state index contributed by atoms with van der Waals surface area (Å²) in [5.74, 6) is -8.72. The van der Waals surface area contributed by atoms with Gasteiger partial charge in [0.1, 0.15) is 5.82 Å². The standard InChI is InChI=1S/C21H17ClF3NO4/c1-8(2)15(21(29)30)16-9(3)26(14-7-13(24)19(27)18(25)17(14)16)20(28)10-4-5-11(22)12(23)6-10/h4-8,15,27H,1-3H3,(H,29,30). The maximum atomic E-state index is 14.9. The van der Waals surface area contributed by atoms with E-state index in [9.17, 15) is 33.0 Å². The summed E-state index contributed by atoms with van der Waals surface area (Å²) in [5, 5.41) is 18.9. The molecule has 0 spiro atoms. The number of carbonyl (C=O) groups is 2. The molecule has 0 aliphatic heterocycles. The van der Waals surface area contributed by atoms with Gasteiger partial charge < -0.3 is 10.2 Å². The molecule has 30 heavy (non-hydrogen) atoms. The second-order valence-corrected chi connectivity index (χ2v) is 7.65. The fourth-order valence-electron chi connectivity index (χ4n) is 3.65. The molecule has 158 valence electrons. The number of hydrogen-bond donors (Lipinski definition) is 2. The van der Waals surface area contributed by atoms with Gasteiger partial charge >= 0.3 is 5.97 Å². The van der Waals surface area contributed by atoms with Gasteiger partial charge in [0.15, 0.2) is 17.4 Å². The van der Waals surface area contributed by atoms with Gasteiger partial charge in [-0.1, -0.05) is 25.4 Å². The van der Waals surface area contributed by atoms with Crippen molar-refractivity contribution in [1.82, 2.24) is 4.57 Å². The molecule has 1 heterocycles. The average molecular weight is 440 g/mol. The lowest BCUT2D eigenvalue weighted by Crippen LogP contribution is -2.20. The van der Waals surface area contributed by atoms with E-state index in [1.54, 1.807) is 13.8 Å². The smallest absolute Gasteiger partial charge is 0.311 e. The van der Waals surface area contributed by atoms with Crippen LogP contribution in [-0.4, -0.2) is 26.7 Å². The van der Waals surface area contributed by atoms with Gasteiger partial charge in [-0.2, -0.15) is 0 Å². The fourth-order valence-corrected chi connectivity index (χ4v) is 3.77. The molecule has 1 aromatic heterocycles. The number of halogens is 4. The van der Waals surface area contributed by atoms with E-state index in [0.29, 0.717) is 0 Å². The third kappa shape index (κ3) is 3.31. The highest BCUT2D eigenvalue weighted by Crippen LogP contribution is 2.41. The first-order valence-electron chi connectivity index (χ1n) is 8.91. The number of aliphatic carboxylic acids is 1. The van der Waals surface area contributed by atoms with Gasteiger partial charge in [-0.05, 0) is 36.6 Å². The molecule has 1 atom stereocenters. The number of hydrogen-bond acceptors (Lipinski definition) is 3. The third-order valence-corrected chi connectivity index (χ3v) is 5.33. The maximum absolute atomic E-state index is 14.9. The number of carboxylic acid groups (broad SMARTS) is 1. The molecule has 0 aliphatic carbocycles. The highest BCUT2D eigenvalue weighted by molar-refractivity contribution is 6.30. The first-order valence-corrected chi connectivity index (χ1v) is 9.29. The number of nitrogens with zero attached hydrogens (tertiary/aromatic N) is 1. The summed E-state index contributed by atoms with van der Waals surface area (Å²) in [7, 11) is 0. The summed E-state index contributed by atoms with van der Waals surface area (Å²) in [5.41, 5.74) is -0.463. The molecule has 0 bridgehead atoms. The Labute approximate surface area is 174 Å². The van der Waals surface area contributed by atoms with Crippen LogP contribution in [0.15, 0.2) is 24.3 Å². The van der Waals surface area contributed by atoms with E-state index in [1.165, 1.54) is 13.0 Å². The summed E-state index contributed by atoms with van der Waals surface area (Å²) in [6, 6.07) is 4.02. The summed E-state index contributed by atoms with van der Waals surface area (Å²) in [4.78, 5) is 25.0. The lowest BCUT2D eigenvalue weighted by molar-refractivity contribution is -0.139. The normalized spacial score (nSPS) is 12.5. The maximum Gasteiger partial charge on any atom is 0.311 e. The molecule has 2 aromatic carbocycles. The van der Waals surface area contributed by atoms with Crippen LogP contribution in [-0.2, 0) is 4.79 Å². The topological polar surface area (TPSA) is 79.5 Å². The summed E-state index contributed by atoms with van der Waals surface area (Å²) in [6.45, 7) is 4.57. The van der Waals surface area contributed by atoms with Gasteiger partial charge in [0.25, 0.3) is 5.91 Å². The van der Waals surface area contributed by atoms with Crippen molar-refractivity contribution < 1.29 is 33.0 Å². The van der Waals surface area contributed by atoms with Gasteiger partial charge in [0, 0.05) is 22.7 Å². The first-order chi connectivity index (χ1) is 14.0. The summed E-state index contributed by atoms with van der Waals surface area (Å²) >= 11 is 5.65. The predicted molar refractivity (Wildman–Crippen MR) is 105 cm³/mol. The Kier molecular flexibility index (Phi) is 5.56. The Morgan fingerprint density at radius 3 is 2.27 bits per heavy atom. The number of phenols is 1. The molecule has 2 N–H and O–H groups in total. The zero-order valence-electron chi connectivity index (χ0n) is 16.1. The average Bonchev–Trinajstić information content (AvgIpc) is 2.93. The van der Waals surface area contributed by atoms with Gasteiger partial charge in [-0.15, -0.1) is 0 Å². The first kappa shape index (κ1) is 21.7. The minimum Gasteiger partial charge on any atom is -0.503 e. The van der Waals surface area contributed by atoms with E-state index in [0.717, 1.165) is 22.8 Å². The van der Waals surface area contributed by atoms with Gasteiger partial charge in [-0.25, -0.2) is 13.2 Å². The molecule has 5 nitrogen and oxygen atoms in total. The van der Waals surface area contributed by atoms with Crippen molar-refractivity contribution in [2.24, 2.45) is 5.92 Å². The van der Waals surface area contributed by atoms with Crippen LogP contribution in [0.5, 0.6) is 5.75 Å². The van der Waals surface area contributed by atoms with E-state index in [1.807, 2.05) is 0 Å². The molecular formula is C21H17ClF3NO4. The van der Waals surface area contributed by atoms with Crippen molar-refractivity contribution in [2.75, 3.05) is 0 Å². The largest absolute Gasteiger partial charge is 0.503 e. The highest BCUT2D eigenvalue weighted by atomic mass is 35.5. The van der Waals surface area contributed by atoms with Crippen molar-refractivity contribution in [3.63, 3.8) is 0 Å². The van der Waals surface area contributed by atoms with E-state index < -0.39 is 46.9 Å². The van der Waals surface area contributed by atoms with Gasteiger partial charge in [0.2, 0.25) is 0 Å². The number of carbonyl (C=O) groups excluding carboxylic acids is 1. The summed E-state index contributed by atoms with van der Waals surface area (Å²) in [6.07, 6.45) is 0. The van der Waals surface area contributed by atoms with Crippen molar-refractivity contribution in [1.29, 1.82) is 0 Å². The molecule has 0 saturated heterocycles. The highest BCUT2D eigenvalue weighted by Gasteiger charge is 2.34. The fraction of sp³-hybridized carbons (Fsp3) is 0.238. The molecule has 0 amide bonds. The van der Waals surface area contributed by atoms with Crippen LogP contribution in [0.4, 0.5) is 13.2 Å². The SMILES string of the molecule is Cc1c(C(C(=O)O)C(C)C)c2c(F)c(O)c(F)cc2n1C(=O)c1ccc(Cl)c(F)c1. The molecule has 0 aliphatic rings. The molecule has 0 saturated carbocycles. The van der Waals surface area contributed by atoms with E-state index in [4.69, 9.17) is 11.6 Å². The molecule has 3 aromatic rings. The number of benzene rings is 2. The predicted octanol–water partition coefficient (Wildman–Crippen LogP) is 5.24. The van der Waals surface area contributed by atoms with Crippen LogP contribution in [0.25, 0.3) is 10.9 Å². The van der Waals surface area contributed by atoms with Crippen LogP contribution in [0.2, 0.25) is 5.02 Å². The monoisotopic (exact) mass is 439 g/mol. The Bertz CT molecular complexity index is 1200. The zero-order valence-corrected chi connectivity index (χ0v) is 16.9. The quantitative estimate of drug-likeness (QED) is 0.582. The van der Waals surface area contributed by atoms with E-state index in [2.05, 4.69) is 0 Å².